The van der Waals surface area contributed by atoms with Crippen molar-refractivity contribution in [3.63, 3.8) is 0 Å². The first-order valence-corrected chi connectivity index (χ1v) is 14.9. The molecule has 128 valence electrons. The van der Waals surface area contributed by atoms with Crippen molar-refractivity contribution in [2.75, 3.05) is 0 Å². The molecular formula is C20H30Cl2Zr. The summed E-state index contributed by atoms with van der Waals surface area (Å²) in [7, 11) is 9.87. The molecule has 0 aromatic rings. The quantitative estimate of drug-likeness (QED) is 0.379. The van der Waals surface area contributed by atoms with Crippen molar-refractivity contribution in [3.8, 4) is 0 Å². The normalized spacial score (nSPS) is 17.1. The Morgan fingerprint density at radius 1 is 0.913 bits per heavy atom. The van der Waals surface area contributed by atoms with Crippen LogP contribution in [-0.2, 0) is 20.8 Å². The van der Waals surface area contributed by atoms with Crippen molar-refractivity contribution in [2.45, 2.75) is 66.2 Å². The molecule has 0 radical (unpaired) electrons. The molecule has 0 saturated carbocycles. The van der Waals surface area contributed by atoms with Gasteiger partial charge < -0.3 is 0 Å². The van der Waals surface area contributed by atoms with Crippen LogP contribution in [0, 0.1) is 24.0 Å². The van der Waals surface area contributed by atoms with E-state index in [1.807, 2.05) is 12.2 Å². The fourth-order valence-electron chi connectivity index (χ4n) is 2.29. The molecule has 0 spiro atoms. The summed E-state index contributed by atoms with van der Waals surface area (Å²) in [4.78, 5) is 0. The maximum atomic E-state index is 4.93. The molecule has 0 aromatic heterocycles. The van der Waals surface area contributed by atoms with Crippen LogP contribution in [0.1, 0.15) is 66.2 Å². The monoisotopic (exact) mass is 430 g/mol. The van der Waals surface area contributed by atoms with Crippen molar-refractivity contribution >= 4 is 17.0 Å². The summed E-state index contributed by atoms with van der Waals surface area (Å²) in [6, 6.07) is 0. The van der Waals surface area contributed by atoms with E-state index in [0.717, 1.165) is 24.7 Å². The van der Waals surface area contributed by atoms with E-state index >= 15 is 0 Å². The predicted octanol–water partition coefficient (Wildman–Crippen LogP) is 7.60. The van der Waals surface area contributed by atoms with Crippen molar-refractivity contribution in [1.29, 1.82) is 0 Å². The van der Waals surface area contributed by atoms with E-state index in [1.165, 1.54) is 36.8 Å². The number of rotatable bonds is 6. The molecule has 3 heteroatoms. The second kappa shape index (κ2) is 15.9. The molecule has 0 heterocycles. The molecule has 0 nitrogen and oxygen atoms in total. The molecule has 0 aliphatic heterocycles. The van der Waals surface area contributed by atoms with E-state index in [9.17, 15) is 0 Å². The molecule has 0 fully saturated rings. The van der Waals surface area contributed by atoms with Gasteiger partial charge in [-0.25, -0.2) is 24.3 Å². The van der Waals surface area contributed by atoms with Crippen molar-refractivity contribution in [3.05, 3.63) is 47.6 Å². The Morgan fingerprint density at radius 3 is 1.48 bits per heavy atom. The molecular weight excluding hydrogens is 402 g/mol. The van der Waals surface area contributed by atoms with Gasteiger partial charge in [-0.1, -0.05) is 53.4 Å². The molecule has 0 saturated heterocycles. The van der Waals surface area contributed by atoms with Crippen LogP contribution < -0.4 is 0 Å². The molecule has 0 amide bonds. The Bertz CT molecular complexity index is 370. The maximum absolute atomic E-state index is 4.93. The van der Waals surface area contributed by atoms with Gasteiger partial charge in [0.2, 0.25) is 0 Å². The molecule has 23 heavy (non-hydrogen) atoms. The Hall–Kier alpha value is 0.423. The first-order chi connectivity index (χ1) is 11.1. The SMILES string of the molecule is CCC(C)CC1=[C-]C=CC1.CCC(C)CC1=[C-]C=CC1.[Cl][Zr+2][Cl]. The molecule has 2 unspecified atom stereocenters. The van der Waals surface area contributed by atoms with Crippen LogP contribution in [0.5, 0.6) is 0 Å². The van der Waals surface area contributed by atoms with Gasteiger partial charge in [-0.15, -0.1) is 0 Å². The van der Waals surface area contributed by atoms with Crippen molar-refractivity contribution < 1.29 is 20.8 Å². The van der Waals surface area contributed by atoms with Gasteiger partial charge in [-0.2, -0.15) is 11.1 Å². The standard InChI is InChI=1S/2C10H15.2ClH.Zr/c2*1-3-9(2)8-10-6-4-5-7-10;;;/h2*4-5,9H,3,6,8H2,1-2H3;2*1H;/q2*-1;;;+4/p-2. The van der Waals surface area contributed by atoms with Crippen LogP contribution in [0.3, 0.4) is 0 Å². The summed E-state index contributed by atoms with van der Waals surface area (Å²) >= 11 is -0.826. The van der Waals surface area contributed by atoms with Gasteiger partial charge in [0.1, 0.15) is 0 Å². The van der Waals surface area contributed by atoms with Gasteiger partial charge in [0.15, 0.2) is 0 Å². The minimum absolute atomic E-state index is 0.826. The summed E-state index contributed by atoms with van der Waals surface area (Å²) in [5.41, 5.74) is 2.96. The summed E-state index contributed by atoms with van der Waals surface area (Å²) in [5.74, 6) is 1.67. The zero-order valence-electron chi connectivity index (χ0n) is 15.0. The molecule has 0 aromatic carbocycles. The van der Waals surface area contributed by atoms with E-state index in [1.54, 1.807) is 0 Å². The topological polar surface area (TPSA) is 0 Å². The molecule has 0 bridgehead atoms. The Kier molecular flexibility index (Phi) is 16.2. The van der Waals surface area contributed by atoms with Gasteiger partial charge in [0.05, 0.1) is 0 Å². The van der Waals surface area contributed by atoms with E-state index in [-0.39, 0.29) is 0 Å². The fraction of sp³-hybridized carbons (Fsp3) is 0.600. The van der Waals surface area contributed by atoms with Crippen LogP contribution in [-0.4, -0.2) is 0 Å². The van der Waals surface area contributed by atoms with Crippen LogP contribution in [0.4, 0.5) is 0 Å². The number of allylic oxidation sites excluding steroid dienone is 8. The minimum atomic E-state index is -0.826. The van der Waals surface area contributed by atoms with Gasteiger partial charge in [-0.05, 0) is 24.7 Å². The Morgan fingerprint density at radius 2 is 1.26 bits per heavy atom. The van der Waals surface area contributed by atoms with Gasteiger partial charge in [0, 0.05) is 0 Å². The van der Waals surface area contributed by atoms with E-state index in [4.69, 9.17) is 17.0 Å². The molecule has 2 rings (SSSR count). The third-order valence-electron chi connectivity index (χ3n) is 4.12. The van der Waals surface area contributed by atoms with E-state index in [2.05, 4.69) is 52.0 Å². The summed E-state index contributed by atoms with van der Waals surface area (Å²) in [6.45, 7) is 9.08. The second-order valence-corrected chi connectivity index (χ2v) is 9.95. The third kappa shape index (κ3) is 13.4. The number of halogens is 2. The van der Waals surface area contributed by atoms with Crippen LogP contribution in [0.25, 0.3) is 0 Å². The fourth-order valence-corrected chi connectivity index (χ4v) is 2.29. The summed E-state index contributed by atoms with van der Waals surface area (Å²) in [5, 5.41) is 0. The molecule has 0 N–H and O–H groups in total. The average Bonchev–Trinajstić information content (AvgIpc) is 3.22. The summed E-state index contributed by atoms with van der Waals surface area (Å²) in [6.07, 6.45) is 22.3. The zero-order chi connectivity index (χ0) is 17.5. The molecule has 2 aliphatic rings. The van der Waals surface area contributed by atoms with Crippen LogP contribution >= 0.6 is 17.0 Å². The van der Waals surface area contributed by atoms with Gasteiger partial charge in [-0.3, -0.25) is 12.2 Å². The van der Waals surface area contributed by atoms with Gasteiger partial charge >= 0.3 is 37.9 Å². The van der Waals surface area contributed by atoms with Crippen LogP contribution in [0.15, 0.2) is 35.5 Å². The summed E-state index contributed by atoms with van der Waals surface area (Å²) < 4.78 is 0. The number of hydrogen-bond acceptors (Lipinski definition) is 0. The van der Waals surface area contributed by atoms with Gasteiger partial charge in [0.25, 0.3) is 0 Å². The Labute approximate surface area is 162 Å². The van der Waals surface area contributed by atoms with Crippen LogP contribution in [0.2, 0.25) is 0 Å². The zero-order valence-corrected chi connectivity index (χ0v) is 18.9. The van der Waals surface area contributed by atoms with Crippen molar-refractivity contribution in [2.24, 2.45) is 11.8 Å². The predicted molar refractivity (Wildman–Crippen MR) is 101 cm³/mol. The van der Waals surface area contributed by atoms with Crippen molar-refractivity contribution in [1.82, 2.24) is 0 Å². The first-order valence-electron chi connectivity index (χ1n) is 8.55. The first kappa shape index (κ1) is 23.4. The average molecular weight is 433 g/mol. The molecule has 2 aliphatic carbocycles. The van der Waals surface area contributed by atoms with E-state index < -0.39 is 20.8 Å². The second-order valence-electron chi connectivity index (χ2n) is 6.22. The third-order valence-corrected chi connectivity index (χ3v) is 4.12. The molecule has 2 atom stereocenters. The van der Waals surface area contributed by atoms with E-state index in [0.29, 0.717) is 0 Å². The Balaban J connectivity index is 0.000000360. The number of hydrogen-bond donors (Lipinski definition) is 0.